The number of halogens is 1. The number of amides is 1. The monoisotopic (exact) mass is 501 g/mol. The summed E-state index contributed by atoms with van der Waals surface area (Å²) in [5.74, 6) is 0.936. The van der Waals surface area contributed by atoms with Crippen LogP contribution in [0.25, 0.3) is 0 Å². The molecule has 1 atom stereocenters. The minimum atomic E-state index is -0.507. The number of carbonyl (C=O) groups is 1. The summed E-state index contributed by atoms with van der Waals surface area (Å²) in [6.45, 7) is 1.84. The maximum absolute atomic E-state index is 14.1. The van der Waals surface area contributed by atoms with Gasteiger partial charge in [0.2, 0.25) is 11.1 Å². The van der Waals surface area contributed by atoms with E-state index in [2.05, 4.69) is 15.6 Å². The second-order valence-electron chi connectivity index (χ2n) is 8.17. The highest BCUT2D eigenvalue weighted by molar-refractivity contribution is 7.98. The number of hydrogen-bond donors (Lipinski definition) is 2. The number of aromatic nitrogens is 3. The fourth-order valence-electron chi connectivity index (χ4n) is 4.13. The molecule has 3 aromatic carbocycles. The molecule has 36 heavy (non-hydrogen) atoms. The number of thioether (sulfide) groups is 1. The van der Waals surface area contributed by atoms with E-state index in [9.17, 15) is 9.18 Å². The Kier molecular flexibility index (Phi) is 6.73. The maximum Gasteiger partial charge on any atom is 0.255 e. The number of fused-ring (bicyclic) bond motifs is 1. The summed E-state index contributed by atoms with van der Waals surface area (Å²) < 4.78 is 21.2. The molecule has 0 aliphatic carbocycles. The van der Waals surface area contributed by atoms with Crippen LogP contribution in [0.1, 0.15) is 24.1 Å². The minimum absolute atomic E-state index is 0.262. The molecule has 9 heteroatoms. The first kappa shape index (κ1) is 23.6. The summed E-state index contributed by atoms with van der Waals surface area (Å²) in [6, 6.07) is 23.1. The molecule has 182 valence electrons. The molecule has 5 rings (SSSR count). The Morgan fingerprint density at radius 1 is 1.08 bits per heavy atom. The Labute approximate surface area is 212 Å². The maximum atomic E-state index is 14.1. The van der Waals surface area contributed by atoms with Crippen molar-refractivity contribution in [1.82, 2.24) is 14.8 Å². The molecule has 0 saturated carbocycles. The van der Waals surface area contributed by atoms with E-state index < -0.39 is 6.04 Å². The zero-order chi connectivity index (χ0) is 25.1. The number of ether oxygens (including phenoxy) is 1. The topological polar surface area (TPSA) is 81.1 Å². The van der Waals surface area contributed by atoms with E-state index in [0.29, 0.717) is 45.1 Å². The van der Waals surface area contributed by atoms with Crippen LogP contribution in [0.4, 0.5) is 16.0 Å². The number of benzene rings is 3. The zero-order valence-electron chi connectivity index (χ0n) is 19.7. The van der Waals surface area contributed by atoms with Crippen LogP contribution in [-0.4, -0.2) is 27.8 Å². The molecule has 1 aliphatic heterocycles. The first-order valence-electron chi connectivity index (χ1n) is 11.3. The van der Waals surface area contributed by atoms with Gasteiger partial charge in [-0.2, -0.15) is 4.98 Å². The highest BCUT2D eigenvalue weighted by Gasteiger charge is 2.34. The number of anilines is 2. The molecule has 1 aliphatic rings. The quantitative estimate of drug-likeness (QED) is 0.319. The number of rotatable bonds is 7. The van der Waals surface area contributed by atoms with E-state index in [1.807, 2.05) is 49.4 Å². The van der Waals surface area contributed by atoms with Crippen LogP contribution in [0, 0.1) is 5.82 Å². The standard InChI is InChI=1S/C27H24FN5O2S/c1-17-23(25(34)30-21-14-8-9-15-22(21)35-2)24(18-10-4-3-5-11-18)33-26(29-17)31-27(32-33)36-16-19-12-6-7-13-20(19)28/h3-15,24H,16H2,1-2H3,(H,30,34)(H,29,31,32). The lowest BCUT2D eigenvalue weighted by atomic mass is 9.95. The Balaban J connectivity index is 1.48. The average Bonchev–Trinajstić information content (AvgIpc) is 3.30. The van der Waals surface area contributed by atoms with Crippen molar-refractivity contribution in [3.05, 3.63) is 107 Å². The number of carbonyl (C=O) groups excluding carboxylic acids is 1. The number of methoxy groups -OCH3 is 1. The van der Waals surface area contributed by atoms with Gasteiger partial charge in [0.1, 0.15) is 17.6 Å². The molecular weight excluding hydrogens is 477 g/mol. The van der Waals surface area contributed by atoms with Gasteiger partial charge in [0.25, 0.3) is 5.91 Å². The molecule has 2 heterocycles. The van der Waals surface area contributed by atoms with Gasteiger partial charge in [-0.25, -0.2) is 9.07 Å². The normalized spacial score (nSPS) is 14.7. The van der Waals surface area contributed by atoms with Gasteiger partial charge < -0.3 is 15.4 Å². The van der Waals surface area contributed by atoms with Gasteiger partial charge in [-0.15, -0.1) is 5.10 Å². The molecule has 0 fully saturated rings. The van der Waals surface area contributed by atoms with E-state index in [-0.39, 0.29) is 11.7 Å². The molecule has 7 nitrogen and oxygen atoms in total. The zero-order valence-corrected chi connectivity index (χ0v) is 20.6. The third-order valence-corrected chi connectivity index (χ3v) is 6.75. The molecule has 1 aromatic heterocycles. The van der Waals surface area contributed by atoms with Gasteiger partial charge >= 0.3 is 0 Å². The average molecular weight is 502 g/mol. The SMILES string of the molecule is COc1ccccc1NC(=O)C1=C(C)Nc2nc(SCc3ccccc3F)nn2C1c1ccccc1. The van der Waals surface area contributed by atoms with Crippen molar-refractivity contribution in [2.24, 2.45) is 0 Å². The molecular formula is C27H24FN5O2S. The molecule has 1 amide bonds. The summed E-state index contributed by atoms with van der Waals surface area (Å²) in [4.78, 5) is 18.2. The van der Waals surface area contributed by atoms with E-state index in [1.165, 1.54) is 17.8 Å². The predicted octanol–water partition coefficient (Wildman–Crippen LogP) is 5.65. The van der Waals surface area contributed by atoms with E-state index in [4.69, 9.17) is 9.84 Å². The van der Waals surface area contributed by atoms with E-state index >= 15 is 0 Å². The smallest absolute Gasteiger partial charge is 0.255 e. The lowest BCUT2D eigenvalue weighted by molar-refractivity contribution is -0.113. The van der Waals surface area contributed by atoms with Crippen LogP contribution in [0.15, 0.2) is 95.3 Å². The highest BCUT2D eigenvalue weighted by atomic mass is 32.2. The van der Waals surface area contributed by atoms with Gasteiger partial charge in [0.15, 0.2) is 0 Å². The van der Waals surface area contributed by atoms with Gasteiger partial charge in [0, 0.05) is 11.4 Å². The summed E-state index contributed by atoms with van der Waals surface area (Å²) in [7, 11) is 1.56. The molecule has 0 spiro atoms. The first-order chi connectivity index (χ1) is 17.5. The minimum Gasteiger partial charge on any atom is -0.495 e. The van der Waals surface area contributed by atoms with Gasteiger partial charge in [0.05, 0.1) is 18.4 Å². The van der Waals surface area contributed by atoms with Crippen molar-refractivity contribution in [1.29, 1.82) is 0 Å². The lowest BCUT2D eigenvalue weighted by Gasteiger charge is -2.28. The van der Waals surface area contributed by atoms with Crippen LogP contribution in [-0.2, 0) is 10.5 Å². The fraction of sp³-hybridized carbons (Fsp3) is 0.148. The fourth-order valence-corrected chi connectivity index (χ4v) is 4.94. The highest BCUT2D eigenvalue weighted by Crippen LogP contribution is 2.37. The van der Waals surface area contributed by atoms with Crippen molar-refractivity contribution in [2.75, 3.05) is 17.7 Å². The lowest BCUT2D eigenvalue weighted by Crippen LogP contribution is -2.31. The second kappa shape index (κ2) is 10.2. The van der Waals surface area contributed by atoms with Crippen molar-refractivity contribution in [2.45, 2.75) is 23.9 Å². The number of hydrogen-bond acceptors (Lipinski definition) is 6. The van der Waals surface area contributed by atoms with Gasteiger partial charge in [-0.1, -0.05) is 72.4 Å². The molecule has 0 bridgehead atoms. The van der Waals surface area contributed by atoms with E-state index in [1.54, 1.807) is 42.1 Å². The van der Waals surface area contributed by atoms with Crippen LogP contribution in [0.2, 0.25) is 0 Å². The Bertz CT molecular complexity index is 1440. The van der Waals surface area contributed by atoms with Crippen molar-refractivity contribution in [3.8, 4) is 5.75 Å². The summed E-state index contributed by atoms with van der Waals surface area (Å²) in [6.07, 6.45) is 0. The first-order valence-corrected chi connectivity index (χ1v) is 12.3. The summed E-state index contributed by atoms with van der Waals surface area (Å²) in [5.41, 5.74) is 3.22. The summed E-state index contributed by atoms with van der Waals surface area (Å²) >= 11 is 1.34. The molecule has 0 saturated heterocycles. The Morgan fingerprint density at radius 3 is 2.58 bits per heavy atom. The van der Waals surface area contributed by atoms with Crippen molar-refractivity contribution in [3.63, 3.8) is 0 Å². The number of para-hydroxylation sites is 2. The van der Waals surface area contributed by atoms with Crippen LogP contribution in [0.3, 0.4) is 0 Å². The number of nitrogens with zero attached hydrogens (tertiary/aromatic N) is 3. The van der Waals surface area contributed by atoms with E-state index in [0.717, 1.165) is 5.56 Å². The van der Waals surface area contributed by atoms with Crippen molar-refractivity contribution < 1.29 is 13.9 Å². The molecule has 4 aromatic rings. The van der Waals surface area contributed by atoms with Crippen molar-refractivity contribution >= 4 is 29.3 Å². The number of allylic oxidation sites excluding steroid dienone is 1. The predicted molar refractivity (Wildman–Crippen MR) is 139 cm³/mol. The third kappa shape index (κ3) is 4.70. The Hall–Kier alpha value is -4.11. The molecule has 2 N–H and O–H groups in total. The van der Waals surface area contributed by atoms with Crippen LogP contribution >= 0.6 is 11.8 Å². The summed E-state index contributed by atoms with van der Waals surface area (Å²) in [5, 5.41) is 11.4. The van der Waals surface area contributed by atoms with Crippen LogP contribution < -0.4 is 15.4 Å². The largest absolute Gasteiger partial charge is 0.495 e. The number of nitrogens with one attached hydrogen (secondary N) is 2. The third-order valence-electron chi connectivity index (χ3n) is 5.86. The van der Waals surface area contributed by atoms with Crippen LogP contribution in [0.5, 0.6) is 5.75 Å². The Morgan fingerprint density at radius 2 is 1.81 bits per heavy atom. The molecule has 1 unspecified atom stereocenters. The van der Waals surface area contributed by atoms with Gasteiger partial charge in [-0.3, -0.25) is 4.79 Å². The van der Waals surface area contributed by atoms with Gasteiger partial charge in [-0.05, 0) is 36.2 Å². The molecule has 0 radical (unpaired) electrons. The second-order valence-corrected chi connectivity index (χ2v) is 9.12.